The van der Waals surface area contributed by atoms with E-state index in [1.54, 1.807) is 18.5 Å². The highest BCUT2D eigenvalue weighted by Gasteiger charge is 2.66. The molecule has 4 heterocycles. The van der Waals surface area contributed by atoms with Gasteiger partial charge in [0.25, 0.3) is 0 Å². The molecule has 0 unspecified atom stereocenters. The lowest BCUT2D eigenvalue weighted by Gasteiger charge is -2.35. The molecule has 9 heteroatoms. The summed E-state index contributed by atoms with van der Waals surface area (Å²) in [6.45, 7) is 9.92. The van der Waals surface area contributed by atoms with E-state index in [0.717, 1.165) is 25.0 Å². The zero-order chi connectivity index (χ0) is 20.2. The minimum Gasteiger partial charge on any atom is -0.382 e. The van der Waals surface area contributed by atoms with Crippen LogP contribution in [0, 0.1) is 0 Å². The highest BCUT2D eigenvalue weighted by atomic mass is 16.8. The average Bonchev–Trinajstić information content (AvgIpc) is 3.31. The topological polar surface area (TPSA) is 97.1 Å². The Morgan fingerprint density at radius 3 is 2.61 bits per heavy atom. The summed E-state index contributed by atoms with van der Waals surface area (Å²) in [5.41, 5.74) is -0.495. The minimum absolute atomic E-state index is 0.164. The molecule has 3 saturated heterocycles. The molecule has 28 heavy (non-hydrogen) atoms. The van der Waals surface area contributed by atoms with E-state index in [2.05, 4.69) is 17.2 Å². The fourth-order valence-electron chi connectivity index (χ4n) is 4.19. The van der Waals surface area contributed by atoms with Crippen molar-refractivity contribution in [1.29, 1.82) is 0 Å². The number of ether oxygens (including phenoxy) is 5. The number of unbranched alkanes of at least 4 members (excludes halogenated alkanes) is 1. The van der Waals surface area contributed by atoms with Gasteiger partial charge in [-0.15, -0.1) is 5.10 Å². The van der Waals surface area contributed by atoms with Gasteiger partial charge >= 0.3 is 0 Å². The second-order valence-electron chi connectivity index (χ2n) is 8.85. The van der Waals surface area contributed by atoms with Crippen LogP contribution in [0.25, 0.3) is 0 Å². The number of aliphatic hydroxyl groups is 1. The number of aryl methyl sites for hydroxylation is 1. The number of rotatable bonds is 6. The molecule has 1 aromatic rings. The number of hydrogen-bond donors (Lipinski definition) is 1. The lowest BCUT2D eigenvalue weighted by Crippen LogP contribution is -2.56. The van der Waals surface area contributed by atoms with Crippen LogP contribution in [0.2, 0.25) is 0 Å². The first-order valence-corrected chi connectivity index (χ1v) is 10.1. The van der Waals surface area contributed by atoms with Crippen molar-refractivity contribution in [1.82, 2.24) is 15.0 Å². The largest absolute Gasteiger partial charge is 0.382 e. The van der Waals surface area contributed by atoms with Gasteiger partial charge in [-0.1, -0.05) is 18.6 Å². The second-order valence-corrected chi connectivity index (χ2v) is 8.85. The van der Waals surface area contributed by atoms with Crippen LogP contribution in [-0.4, -0.2) is 68.5 Å². The Bertz CT molecular complexity index is 708. The van der Waals surface area contributed by atoms with E-state index in [0.29, 0.717) is 6.61 Å². The summed E-state index contributed by atoms with van der Waals surface area (Å²) in [5.74, 6) is -1.57. The van der Waals surface area contributed by atoms with Crippen LogP contribution in [0.15, 0.2) is 6.20 Å². The Hall–Kier alpha value is -1.10. The van der Waals surface area contributed by atoms with Crippen molar-refractivity contribution < 1.29 is 28.8 Å². The van der Waals surface area contributed by atoms with E-state index in [4.69, 9.17) is 23.7 Å². The summed E-state index contributed by atoms with van der Waals surface area (Å²) in [6.07, 6.45) is 2.41. The molecule has 0 aliphatic carbocycles. The first kappa shape index (κ1) is 20.2. The minimum atomic E-state index is -1.40. The van der Waals surface area contributed by atoms with Crippen molar-refractivity contribution in [2.75, 3.05) is 6.61 Å². The Morgan fingerprint density at radius 2 is 1.93 bits per heavy atom. The van der Waals surface area contributed by atoms with Crippen molar-refractivity contribution in [2.45, 2.75) is 102 Å². The third-order valence-electron chi connectivity index (χ3n) is 5.48. The average molecular weight is 397 g/mol. The molecule has 3 fully saturated rings. The normalized spacial score (nSPS) is 38.8. The van der Waals surface area contributed by atoms with E-state index >= 15 is 0 Å². The molecular formula is C19H31N3O6. The molecule has 0 bridgehead atoms. The fourth-order valence-corrected chi connectivity index (χ4v) is 4.19. The van der Waals surface area contributed by atoms with Gasteiger partial charge in [0, 0.05) is 6.20 Å². The maximum atomic E-state index is 11.8. The third kappa shape index (κ3) is 3.71. The predicted octanol–water partition coefficient (Wildman–Crippen LogP) is 1.38. The van der Waals surface area contributed by atoms with Gasteiger partial charge in [0.15, 0.2) is 17.9 Å². The monoisotopic (exact) mass is 397 g/mol. The Labute approximate surface area is 165 Å². The number of nitrogens with zero attached hydrogens (tertiary/aromatic N) is 3. The maximum absolute atomic E-state index is 11.8. The van der Waals surface area contributed by atoms with Crippen LogP contribution in [0.5, 0.6) is 0 Å². The van der Waals surface area contributed by atoms with Gasteiger partial charge in [-0.3, -0.25) is 0 Å². The Morgan fingerprint density at radius 1 is 1.14 bits per heavy atom. The van der Waals surface area contributed by atoms with E-state index < -0.39 is 41.8 Å². The molecule has 1 N–H and O–H groups in total. The molecule has 5 atom stereocenters. The summed E-state index contributed by atoms with van der Waals surface area (Å²) < 4.78 is 31.3. The Kier molecular flexibility index (Phi) is 5.05. The van der Waals surface area contributed by atoms with E-state index in [9.17, 15) is 5.11 Å². The summed E-state index contributed by atoms with van der Waals surface area (Å²) in [5, 5.41) is 20.2. The van der Waals surface area contributed by atoms with Crippen LogP contribution in [0.4, 0.5) is 0 Å². The molecule has 3 aliphatic heterocycles. The smallest absolute Gasteiger partial charge is 0.190 e. The highest BCUT2D eigenvalue weighted by Crippen LogP contribution is 2.46. The summed E-state index contributed by atoms with van der Waals surface area (Å²) >= 11 is 0. The van der Waals surface area contributed by atoms with Crippen LogP contribution >= 0.6 is 0 Å². The number of hydrogen-bond acceptors (Lipinski definition) is 8. The SMILES string of the molecule is CCCCc1cn(C[C@]2(O)[C@@H]([C@H]3COC(C)(C)O3)O[C@@H]3OC(C)(C)O[C@@H]32)nn1. The molecule has 0 saturated carbocycles. The first-order chi connectivity index (χ1) is 13.1. The van der Waals surface area contributed by atoms with Crippen LogP contribution in [0.3, 0.4) is 0 Å². The van der Waals surface area contributed by atoms with Gasteiger partial charge in [0.05, 0.1) is 18.8 Å². The molecule has 3 aliphatic rings. The third-order valence-corrected chi connectivity index (χ3v) is 5.48. The summed E-state index contributed by atoms with van der Waals surface area (Å²) in [4.78, 5) is 0. The molecule has 0 aromatic carbocycles. The standard InChI is InChI=1S/C19H31N3O6/c1-6-7-8-12-9-22(21-20-12)11-19(23)14(13-10-24-17(2,3)26-13)25-16-15(19)27-18(4,5)28-16/h9,13-16,23H,6-8,10-11H2,1-5H3/t13-,14-,15+,16-,19+/m1/s1. The fraction of sp³-hybridized carbons (Fsp3) is 0.895. The lowest BCUT2D eigenvalue weighted by molar-refractivity contribution is -0.250. The van der Waals surface area contributed by atoms with Crippen molar-refractivity contribution in [2.24, 2.45) is 0 Å². The van der Waals surface area contributed by atoms with E-state index in [1.165, 1.54) is 0 Å². The zero-order valence-electron chi connectivity index (χ0n) is 17.3. The van der Waals surface area contributed by atoms with E-state index in [1.807, 2.05) is 20.0 Å². The molecule has 158 valence electrons. The summed E-state index contributed by atoms with van der Waals surface area (Å²) in [6, 6.07) is 0. The molecule has 0 amide bonds. The van der Waals surface area contributed by atoms with Crippen LogP contribution < -0.4 is 0 Å². The zero-order valence-corrected chi connectivity index (χ0v) is 17.3. The second kappa shape index (κ2) is 7.00. The quantitative estimate of drug-likeness (QED) is 0.769. The Balaban J connectivity index is 1.58. The number of aromatic nitrogens is 3. The van der Waals surface area contributed by atoms with Crippen molar-refractivity contribution >= 4 is 0 Å². The maximum Gasteiger partial charge on any atom is 0.190 e. The molecule has 0 spiro atoms. The highest BCUT2D eigenvalue weighted by molar-refractivity contribution is 5.09. The first-order valence-electron chi connectivity index (χ1n) is 10.1. The summed E-state index contributed by atoms with van der Waals surface area (Å²) in [7, 11) is 0. The van der Waals surface area contributed by atoms with Gasteiger partial charge in [0.1, 0.15) is 23.9 Å². The van der Waals surface area contributed by atoms with Gasteiger partial charge in [-0.25, -0.2) is 4.68 Å². The molecule has 0 radical (unpaired) electrons. The van der Waals surface area contributed by atoms with E-state index in [-0.39, 0.29) is 6.54 Å². The molecule has 9 nitrogen and oxygen atoms in total. The van der Waals surface area contributed by atoms with Crippen LogP contribution in [-0.2, 0) is 36.6 Å². The predicted molar refractivity (Wildman–Crippen MR) is 97.2 cm³/mol. The van der Waals surface area contributed by atoms with Gasteiger partial charge in [-0.2, -0.15) is 0 Å². The van der Waals surface area contributed by atoms with Gasteiger partial charge in [-0.05, 0) is 40.5 Å². The molecule has 1 aromatic heterocycles. The van der Waals surface area contributed by atoms with Crippen molar-refractivity contribution in [3.8, 4) is 0 Å². The lowest BCUT2D eigenvalue weighted by atomic mass is 9.89. The van der Waals surface area contributed by atoms with Gasteiger partial charge in [0.2, 0.25) is 0 Å². The molecular weight excluding hydrogens is 366 g/mol. The van der Waals surface area contributed by atoms with Crippen LogP contribution in [0.1, 0.15) is 53.2 Å². The molecule has 4 rings (SSSR count). The van der Waals surface area contributed by atoms with Crippen molar-refractivity contribution in [3.63, 3.8) is 0 Å². The van der Waals surface area contributed by atoms with Crippen molar-refractivity contribution in [3.05, 3.63) is 11.9 Å². The number of fused-ring (bicyclic) bond motifs is 1. The van der Waals surface area contributed by atoms with Gasteiger partial charge < -0.3 is 28.8 Å².